The van der Waals surface area contributed by atoms with E-state index in [1.165, 1.54) is 12.1 Å². The third-order valence-corrected chi connectivity index (χ3v) is 3.82. The molecule has 1 aliphatic heterocycles. The second-order valence-corrected chi connectivity index (χ2v) is 5.42. The summed E-state index contributed by atoms with van der Waals surface area (Å²) in [5.74, 6) is -1.62. The van der Waals surface area contributed by atoms with Crippen LogP contribution in [0.25, 0.3) is 0 Å². The van der Waals surface area contributed by atoms with Crippen molar-refractivity contribution in [3.05, 3.63) is 35.4 Å². The van der Waals surface area contributed by atoms with Crippen LogP contribution < -0.4 is 5.32 Å². The maximum atomic E-state index is 13.5. The normalized spacial score (nSPS) is 21.4. The summed E-state index contributed by atoms with van der Waals surface area (Å²) < 4.78 is 32.5. The van der Waals surface area contributed by atoms with Crippen LogP contribution in [0.15, 0.2) is 18.2 Å². The van der Waals surface area contributed by atoms with E-state index in [9.17, 15) is 8.78 Å². The minimum atomic E-state index is -0.814. The maximum Gasteiger partial charge on any atom is 0.159 e. The summed E-state index contributed by atoms with van der Waals surface area (Å²) in [6, 6.07) is 3.96. The third-order valence-electron chi connectivity index (χ3n) is 3.82. The Bertz CT molecular complexity index is 454. The molecule has 2 rings (SSSR count). The highest BCUT2D eigenvalue weighted by atomic mass is 19.2. The zero-order valence-corrected chi connectivity index (χ0v) is 12.7. The number of halogens is 2. The lowest BCUT2D eigenvalue weighted by molar-refractivity contribution is -0.0468. The molecule has 2 atom stereocenters. The molecule has 5 heteroatoms. The van der Waals surface area contributed by atoms with Gasteiger partial charge in [-0.2, -0.15) is 0 Å². The van der Waals surface area contributed by atoms with Gasteiger partial charge in [-0.15, -0.1) is 0 Å². The van der Waals surface area contributed by atoms with E-state index in [4.69, 9.17) is 4.74 Å². The Hall–Kier alpha value is -1.04. The van der Waals surface area contributed by atoms with Gasteiger partial charge in [0.2, 0.25) is 0 Å². The van der Waals surface area contributed by atoms with Gasteiger partial charge in [-0.3, -0.25) is 4.90 Å². The van der Waals surface area contributed by atoms with Gasteiger partial charge in [0.1, 0.15) is 0 Å². The highest BCUT2D eigenvalue weighted by Crippen LogP contribution is 2.24. The largest absolute Gasteiger partial charge is 0.374 e. The van der Waals surface area contributed by atoms with Crippen LogP contribution in [0.1, 0.15) is 31.9 Å². The van der Waals surface area contributed by atoms with E-state index < -0.39 is 11.6 Å². The molecule has 118 valence electrons. The molecule has 1 aromatic carbocycles. The third kappa shape index (κ3) is 4.22. The molecular formula is C16H24F2N2O. The molecule has 1 fully saturated rings. The molecule has 1 saturated heterocycles. The summed E-state index contributed by atoms with van der Waals surface area (Å²) in [4.78, 5) is 2.36. The Morgan fingerprint density at radius 1 is 1.33 bits per heavy atom. The molecule has 0 radical (unpaired) electrons. The van der Waals surface area contributed by atoms with Gasteiger partial charge in [0.25, 0.3) is 0 Å². The van der Waals surface area contributed by atoms with E-state index >= 15 is 0 Å². The molecule has 1 heterocycles. The fraction of sp³-hybridized carbons (Fsp3) is 0.625. The van der Waals surface area contributed by atoms with E-state index in [1.807, 2.05) is 6.92 Å². The van der Waals surface area contributed by atoms with Gasteiger partial charge in [-0.25, -0.2) is 8.78 Å². The van der Waals surface area contributed by atoms with Gasteiger partial charge < -0.3 is 10.1 Å². The van der Waals surface area contributed by atoms with E-state index in [2.05, 4.69) is 17.1 Å². The molecule has 0 bridgehead atoms. The monoisotopic (exact) mass is 298 g/mol. The van der Waals surface area contributed by atoms with Crippen LogP contribution in [-0.4, -0.2) is 43.8 Å². The Morgan fingerprint density at radius 2 is 2.14 bits per heavy atom. The van der Waals surface area contributed by atoms with Crippen LogP contribution in [0.3, 0.4) is 0 Å². The van der Waals surface area contributed by atoms with Gasteiger partial charge in [0.15, 0.2) is 11.6 Å². The molecule has 0 aliphatic carbocycles. The van der Waals surface area contributed by atoms with Crippen molar-refractivity contribution in [1.29, 1.82) is 0 Å². The number of benzene rings is 1. The number of ether oxygens (including phenoxy) is 1. The summed E-state index contributed by atoms with van der Waals surface area (Å²) in [7, 11) is 0. The van der Waals surface area contributed by atoms with Crippen LogP contribution in [0.5, 0.6) is 0 Å². The first-order valence-corrected chi connectivity index (χ1v) is 7.68. The fourth-order valence-electron chi connectivity index (χ4n) is 2.84. The molecule has 3 nitrogen and oxygen atoms in total. The highest BCUT2D eigenvalue weighted by molar-refractivity contribution is 5.22. The Morgan fingerprint density at radius 3 is 2.81 bits per heavy atom. The molecule has 0 aromatic heterocycles. The lowest BCUT2D eigenvalue weighted by Gasteiger charge is -2.37. The second-order valence-electron chi connectivity index (χ2n) is 5.42. The van der Waals surface area contributed by atoms with Crippen molar-refractivity contribution < 1.29 is 13.5 Å². The van der Waals surface area contributed by atoms with E-state index in [0.717, 1.165) is 38.2 Å². The summed E-state index contributed by atoms with van der Waals surface area (Å²) >= 11 is 0. The molecule has 1 aromatic rings. The molecule has 0 amide bonds. The number of nitrogens with one attached hydrogen (secondary N) is 1. The molecule has 0 spiro atoms. The van der Waals surface area contributed by atoms with Crippen molar-refractivity contribution in [3.63, 3.8) is 0 Å². The SMILES string of the molecule is CCCN1CCOC(C(NCC)c2ccc(F)c(F)c2)C1. The fourth-order valence-corrected chi connectivity index (χ4v) is 2.84. The van der Waals surface area contributed by atoms with Crippen LogP contribution >= 0.6 is 0 Å². The maximum absolute atomic E-state index is 13.5. The topological polar surface area (TPSA) is 24.5 Å². The van der Waals surface area contributed by atoms with Crippen LogP contribution in [0.4, 0.5) is 8.78 Å². The lowest BCUT2D eigenvalue weighted by Crippen LogP contribution is -2.48. The average molecular weight is 298 g/mol. The van der Waals surface area contributed by atoms with Crippen LogP contribution in [-0.2, 0) is 4.74 Å². The first kappa shape index (κ1) is 16.3. The van der Waals surface area contributed by atoms with Crippen molar-refractivity contribution in [3.8, 4) is 0 Å². The number of hydrogen-bond donors (Lipinski definition) is 1. The van der Waals surface area contributed by atoms with Crippen molar-refractivity contribution in [2.24, 2.45) is 0 Å². The predicted octanol–water partition coefficient (Wildman–Crippen LogP) is 2.73. The summed E-state index contributed by atoms with van der Waals surface area (Å²) in [6.45, 7) is 8.36. The smallest absolute Gasteiger partial charge is 0.159 e. The van der Waals surface area contributed by atoms with Crippen molar-refractivity contribution >= 4 is 0 Å². The van der Waals surface area contributed by atoms with E-state index in [0.29, 0.717) is 6.61 Å². The van der Waals surface area contributed by atoms with Gasteiger partial charge in [-0.1, -0.05) is 19.9 Å². The summed E-state index contributed by atoms with van der Waals surface area (Å²) in [5.41, 5.74) is 0.735. The Kier molecular flexibility index (Phi) is 6.08. The summed E-state index contributed by atoms with van der Waals surface area (Å²) in [6.07, 6.45) is 1.05. The average Bonchev–Trinajstić information content (AvgIpc) is 2.48. The standard InChI is InChI=1S/C16H24F2N2O/c1-3-7-20-8-9-21-15(11-20)16(19-4-2)12-5-6-13(17)14(18)10-12/h5-6,10,15-16,19H,3-4,7-9,11H2,1-2H3. The molecule has 0 saturated carbocycles. The Balaban J connectivity index is 2.15. The minimum Gasteiger partial charge on any atom is -0.374 e. The van der Waals surface area contributed by atoms with Gasteiger partial charge in [0.05, 0.1) is 18.8 Å². The molecule has 1 N–H and O–H groups in total. The molecule has 2 unspecified atom stereocenters. The van der Waals surface area contributed by atoms with Crippen molar-refractivity contribution in [1.82, 2.24) is 10.2 Å². The number of nitrogens with zero attached hydrogens (tertiary/aromatic N) is 1. The van der Waals surface area contributed by atoms with Crippen LogP contribution in [0.2, 0.25) is 0 Å². The first-order chi connectivity index (χ1) is 10.2. The molecular weight excluding hydrogens is 274 g/mol. The van der Waals surface area contributed by atoms with Crippen molar-refractivity contribution in [2.45, 2.75) is 32.4 Å². The number of hydrogen-bond acceptors (Lipinski definition) is 3. The predicted molar refractivity (Wildman–Crippen MR) is 79.2 cm³/mol. The molecule has 1 aliphatic rings. The van der Waals surface area contributed by atoms with E-state index in [-0.39, 0.29) is 12.1 Å². The van der Waals surface area contributed by atoms with Gasteiger partial charge in [-0.05, 0) is 37.2 Å². The van der Waals surface area contributed by atoms with Gasteiger partial charge >= 0.3 is 0 Å². The van der Waals surface area contributed by atoms with Crippen LogP contribution in [0, 0.1) is 11.6 Å². The zero-order valence-electron chi connectivity index (χ0n) is 12.7. The number of morpholine rings is 1. The lowest BCUT2D eigenvalue weighted by atomic mass is 9.99. The molecule has 21 heavy (non-hydrogen) atoms. The van der Waals surface area contributed by atoms with E-state index in [1.54, 1.807) is 6.07 Å². The Labute approximate surface area is 125 Å². The van der Waals surface area contributed by atoms with Gasteiger partial charge in [0, 0.05) is 13.1 Å². The summed E-state index contributed by atoms with van der Waals surface area (Å²) in [5, 5.41) is 3.34. The minimum absolute atomic E-state index is 0.0462. The first-order valence-electron chi connectivity index (χ1n) is 7.68. The highest BCUT2D eigenvalue weighted by Gasteiger charge is 2.29. The second kappa shape index (κ2) is 7.82. The zero-order chi connectivity index (χ0) is 15.2. The van der Waals surface area contributed by atoms with Crippen molar-refractivity contribution in [2.75, 3.05) is 32.8 Å². The number of rotatable bonds is 6. The number of likely N-dealkylation sites (N-methyl/N-ethyl adjacent to an activating group) is 1. The quantitative estimate of drug-likeness (QED) is 0.874.